The maximum Gasteiger partial charge on any atom is 0.282 e. The molecule has 0 unspecified atom stereocenters. The second kappa shape index (κ2) is 13.7. The predicted molar refractivity (Wildman–Crippen MR) is 181 cm³/mol. The molecule has 226 valence electrons. The normalized spacial score (nSPS) is 11.5. The van der Waals surface area contributed by atoms with Crippen LogP contribution in [0.4, 0.5) is 0 Å². The van der Waals surface area contributed by atoms with Crippen molar-refractivity contribution in [1.82, 2.24) is 9.66 Å². The maximum atomic E-state index is 13.9. The van der Waals surface area contributed by atoms with E-state index in [-0.39, 0.29) is 11.5 Å². The van der Waals surface area contributed by atoms with Crippen molar-refractivity contribution in [2.45, 2.75) is 40.2 Å². The van der Waals surface area contributed by atoms with Gasteiger partial charge in [-0.15, -0.1) is 0 Å². The van der Waals surface area contributed by atoms with E-state index in [1.807, 2.05) is 74.5 Å². The van der Waals surface area contributed by atoms with Gasteiger partial charge in [-0.05, 0) is 101 Å². The standard InChI is InChI=1S/C35H33BrClN3O4/c1-6-43-31-15-22(4)28(17-27(31)21(2)3)34-39-30-10-8-7-9-26(30)35(41)40(34)38-19-24-16-32(42-5)33(18-29(24)36)44-20-23-11-13-25(37)14-12-23/h7-19,21H,6,20H2,1-5H3. The molecule has 0 N–H and O–H groups in total. The number of aryl methyl sites for hydroxylation is 1. The molecule has 0 aliphatic carbocycles. The summed E-state index contributed by atoms with van der Waals surface area (Å²) >= 11 is 9.65. The largest absolute Gasteiger partial charge is 0.494 e. The van der Waals surface area contributed by atoms with E-state index in [0.717, 1.165) is 32.5 Å². The molecule has 0 radical (unpaired) electrons. The highest BCUT2D eigenvalue weighted by Gasteiger charge is 2.19. The summed E-state index contributed by atoms with van der Waals surface area (Å²) in [7, 11) is 1.58. The van der Waals surface area contributed by atoms with Crippen LogP contribution in [0.15, 0.2) is 87.2 Å². The molecule has 0 aliphatic rings. The third-order valence-corrected chi connectivity index (χ3v) is 8.11. The Bertz CT molecular complexity index is 1900. The van der Waals surface area contributed by atoms with Gasteiger partial charge >= 0.3 is 0 Å². The molecule has 9 heteroatoms. The van der Waals surface area contributed by atoms with Crippen molar-refractivity contribution in [3.63, 3.8) is 0 Å². The topological polar surface area (TPSA) is 74.9 Å². The molecular formula is C35H33BrClN3O4. The van der Waals surface area contributed by atoms with Gasteiger partial charge in [0.1, 0.15) is 12.4 Å². The third kappa shape index (κ3) is 6.66. The molecule has 1 heterocycles. The fourth-order valence-corrected chi connectivity index (χ4v) is 5.41. The number of methoxy groups -OCH3 is 1. The van der Waals surface area contributed by atoms with Crippen molar-refractivity contribution in [3.05, 3.63) is 115 Å². The molecule has 44 heavy (non-hydrogen) atoms. The van der Waals surface area contributed by atoms with Crippen LogP contribution in [0, 0.1) is 6.92 Å². The number of fused-ring (bicyclic) bond motifs is 1. The van der Waals surface area contributed by atoms with E-state index >= 15 is 0 Å². The molecule has 5 aromatic rings. The van der Waals surface area contributed by atoms with Crippen LogP contribution in [-0.4, -0.2) is 29.6 Å². The Morgan fingerprint density at radius 3 is 2.45 bits per heavy atom. The third-order valence-electron chi connectivity index (χ3n) is 7.18. The van der Waals surface area contributed by atoms with Crippen LogP contribution in [0.3, 0.4) is 0 Å². The Kier molecular flexibility index (Phi) is 9.71. The van der Waals surface area contributed by atoms with E-state index in [1.165, 1.54) is 4.68 Å². The van der Waals surface area contributed by atoms with Gasteiger partial charge < -0.3 is 14.2 Å². The summed E-state index contributed by atoms with van der Waals surface area (Å²) in [6, 6.07) is 22.5. The van der Waals surface area contributed by atoms with Gasteiger partial charge in [-0.1, -0.05) is 49.7 Å². The van der Waals surface area contributed by atoms with Crippen molar-refractivity contribution < 1.29 is 14.2 Å². The summed E-state index contributed by atoms with van der Waals surface area (Å²) in [6.45, 7) is 9.09. The Hall–Kier alpha value is -4.14. The summed E-state index contributed by atoms with van der Waals surface area (Å²) in [4.78, 5) is 18.8. The number of halogens is 2. The SMILES string of the molecule is CCOc1cc(C)c(-c2nc3ccccc3c(=O)n2N=Cc2cc(OC)c(OCc3ccc(Cl)cc3)cc2Br)cc1C(C)C. The quantitative estimate of drug-likeness (QED) is 0.139. The number of benzene rings is 4. The molecule has 0 bridgehead atoms. The monoisotopic (exact) mass is 673 g/mol. The lowest BCUT2D eigenvalue weighted by atomic mass is 9.96. The summed E-state index contributed by atoms with van der Waals surface area (Å²) in [5.41, 5.74) is 4.76. The predicted octanol–water partition coefficient (Wildman–Crippen LogP) is 8.78. The lowest BCUT2D eigenvalue weighted by Gasteiger charge is -2.18. The summed E-state index contributed by atoms with van der Waals surface area (Å²) in [5, 5.41) is 5.83. The fraction of sp³-hybridized carbons (Fsp3) is 0.229. The van der Waals surface area contributed by atoms with Crippen molar-refractivity contribution >= 4 is 44.6 Å². The molecular weight excluding hydrogens is 642 g/mol. The number of rotatable bonds is 10. The first-order valence-electron chi connectivity index (χ1n) is 14.3. The number of hydrogen-bond donors (Lipinski definition) is 0. The molecule has 7 nitrogen and oxygen atoms in total. The van der Waals surface area contributed by atoms with Gasteiger partial charge in [-0.2, -0.15) is 9.78 Å². The molecule has 4 aromatic carbocycles. The Labute approximate surface area is 270 Å². The first-order chi connectivity index (χ1) is 21.2. The van der Waals surface area contributed by atoms with Crippen LogP contribution in [0.2, 0.25) is 5.02 Å². The zero-order valence-corrected chi connectivity index (χ0v) is 27.6. The minimum Gasteiger partial charge on any atom is -0.494 e. The second-order valence-electron chi connectivity index (χ2n) is 10.5. The number of hydrogen-bond acceptors (Lipinski definition) is 6. The van der Waals surface area contributed by atoms with E-state index < -0.39 is 0 Å². The Balaban J connectivity index is 1.58. The van der Waals surface area contributed by atoms with Gasteiger partial charge in [0.25, 0.3) is 5.56 Å². The molecule has 0 atom stereocenters. The van der Waals surface area contributed by atoms with Gasteiger partial charge in [-0.3, -0.25) is 4.79 Å². The van der Waals surface area contributed by atoms with E-state index in [2.05, 4.69) is 35.8 Å². The minimum atomic E-state index is -0.271. The van der Waals surface area contributed by atoms with E-state index in [4.69, 9.17) is 35.9 Å². The molecule has 5 rings (SSSR count). The van der Waals surface area contributed by atoms with Crippen molar-refractivity contribution in [2.24, 2.45) is 5.10 Å². The van der Waals surface area contributed by atoms with Crippen LogP contribution in [0.5, 0.6) is 17.2 Å². The summed E-state index contributed by atoms with van der Waals surface area (Å²) < 4.78 is 19.7. The summed E-state index contributed by atoms with van der Waals surface area (Å²) in [5.74, 6) is 2.55. The zero-order chi connectivity index (χ0) is 31.4. The van der Waals surface area contributed by atoms with Crippen LogP contribution >= 0.6 is 27.5 Å². The first kappa shape index (κ1) is 31.3. The number of para-hydroxylation sites is 1. The maximum absolute atomic E-state index is 13.9. The van der Waals surface area contributed by atoms with E-state index in [1.54, 1.807) is 19.4 Å². The van der Waals surface area contributed by atoms with Crippen LogP contribution in [0.25, 0.3) is 22.3 Å². The minimum absolute atomic E-state index is 0.198. The highest BCUT2D eigenvalue weighted by atomic mass is 79.9. The van der Waals surface area contributed by atoms with Gasteiger partial charge in [0.15, 0.2) is 17.3 Å². The van der Waals surface area contributed by atoms with Gasteiger partial charge in [-0.25, -0.2) is 4.98 Å². The van der Waals surface area contributed by atoms with Gasteiger partial charge in [0.2, 0.25) is 0 Å². The molecule has 0 saturated heterocycles. The lowest BCUT2D eigenvalue weighted by Crippen LogP contribution is -2.21. The van der Waals surface area contributed by atoms with E-state index in [9.17, 15) is 4.79 Å². The molecule has 0 spiro atoms. The molecule has 0 amide bonds. The van der Waals surface area contributed by atoms with Crippen molar-refractivity contribution in [2.75, 3.05) is 13.7 Å². The first-order valence-corrected chi connectivity index (χ1v) is 15.5. The average Bonchev–Trinajstić information content (AvgIpc) is 3.01. The number of ether oxygens (including phenoxy) is 3. The average molecular weight is 675 g/mol. The lowest BCUT2D eigenvalue weighted by molar-refractivity contribution is 0.284. The highest BCUT2D eigenvalue weighted by Crippen LogP contribution is 2.35. The van der Waals surface area contributed by atoms with E-state index in [0.29, 0.717) is 52.0 Å². The van der Waals surface area contributed by atoms with Crippen LogP contribution < -0.4 is 19.8 Å². The van der Waals surface area contributed by atoms with Crippen LogP contribution in [0.1, 0.15) is 48.9 Å². The van der Waals surface area contributed by atoms with Crippen LogP contribution in [-0.2, 0) is 6.61 Å². The second-order valence-corrected chi connectivity index (χ2v) is 11.8. The fourth-order valence-electron chi connectivity index (χ4n) is 4.86. The zero-order valence-electron chi connectivity index (χ0n) is 25.2. The Morgan fingerprint density at radius 2 is 1.75 bits per heavy atom. The van der Waals surface area contributed by atoms with Crippen molar-refractivity contribution in [3.8, 4) is 28.6 Å². The van der Waals surface area contributed by atoms with Crippen molar-refractivity contribution in [1.29, 1.82) is 0 Å². The van der Waals surface area contributed by atoms with Gasteiger partial charge in [0.05, 0.1) is 30.8 Å². The molecule has 1 aromatic heterocycles. The smallest absolute Gasteiger partial charge is 0.282 e. The molecule has 0 saturated carbocycles. The summed E-state index contributed by atoms with van der Waals surface area (Å²) in [6.07, 6.45) is 1.62. The highest BCUT2D eigenvalue weighted by molar-refractivity contribution is 9.10. The molecule has 0 fully saturated rings. The number of nitrogens with zero attached hydrogens (tertiary/aromatic N) is 3. The Morgan fingerprint density at radius 1 is 1.00 bits per heavy atom. The van der Waals surface area contributed by atoms with Gasteiger partial charge in [0, 0.05) is 20.6 Å². The molecule has 0 aliphatic heterocycles. The number of aromatic nitrogens is 2.